The molecule has 0 aromatic carbocycles. The Balaban J connectivity index is 1.72. The Labute approximate surface area is 109 Å². The van der Waals surface area contributed by atoms with E-state index in [1.165, 1.54) is 12.8 Å². The van der Waals surface area contributed by atoms with E-state index in [0.717, 1.165) is 10.6 Å². The van der Waals surface area contributed by atoms with Gasteiger partial charge in [-0.2, -0.15) is 0 Å². The van der Waals surface area contributed by atoms with E-state index in [-0.39, 0.29) is 11.9 Å². The van der Waals surface area contributed by atoms with Crippen LogP contribution >= 0.6 is 11.3 Å². The summed E-state index contributed by atoms with van der Waals surface area (Å²) in [5, 5.41) is 5.84. The van der Waals surface area contributed by atoms with Crippen molar-refractivity contribution in [1.29, 1.82) is 0 Å². The summed E-state index contributed by atoms with van der Waals surface area (Å²) in [5.74, 6) is 0.539. The number of rotatable bonds is 4. The highest BCUT2D eigenvalue weighted by Gasteiger charge is 2.29. The van der Waals surface area contributed by atoms with E-state index in [4.69, 9.17) is 0 Å². The number of aromatic amines is 1. The maximum Gasteiger partial charge on any atom is 0.268 e. The number of hydrogen-bond acceptors (Lipinski definition) is 3. The Hall–Kier alpha value is -1.62. The van der Waals surface area contributed by atoms with Crippen molar-refractivity contribution in [2.75, 3.05) is 0 Å². The molecule has 0 bridgehead atoms. The van der Waals surface area contributed by atoms with E-state index in [9.17, 15) is 4.79 Å². The van der Waals surface area contributed by atoms with Gasteiger partial charge in [0.05, 0.1) is 6.04 Å². The number of carbonyl (C=O) groups excluding carboxylic acids is 1. The third-order valence-electron chi connectivity index (χ3n) is 3.19. The molecule has 2 aromatic heterocycles. The van der Waals surface area contributed by atoms with Crippen LogP contribution in [0.5, 0.6) is 0 Å². The first-order valence-electron chi connectivity index (χ1n) is 6.13. The second kappa shape index (κ2) is 4.57. The molecule has 4 nitrogen and oxygen atoms in total. The van der Waals surface area contributed by atoms with Crippen LogP contribution in [0.1, 0.15) is 52.8 Å². The smallest absolute Gasteiger partial charge is 0.268 e. The molecular weight excluding hydrogens is 246 g/mol. The van der Waals surface area contributed by atoms with Crippen LogP contribution in [0.3, 0.4) is 0 Å². The molecule has 1 aliphatic rings. The van der Waals surface area contributed by atoms with Crippen LogP contribution in [-0.4, -0.2) is 15.9 Å². The first-order valence-corrected chi connectivity index (χ1v) is 7.01. The van der Waals surface area contributed by atoms with Gasteiger partial charge in [0.2, 0.25) is 0 Å². The van der Waals surface area contributed by atoms with Crippen molar-refractivity contribution in [3.63, 3.8) is 0 Å². The number of H-pyrrole nitrogens is 1. The van der Waals surface area contributed by atoms with E-state index in [1.54, 1.807) is 17.5 Å². The zero-order valence-electron chi connectivity index (χ0n) is 10.1. The average molecular weight is 261 g/mol. The van der Waals surface area contributed by atoms with Crippen LogP contribution in [0, 0.1) is 0 Å². The third kappa shape index (κ3) is 2.18. The number of nitrogens with zero attached hydrogens (tertiary/aromatic N) is 1. The van der Waals surface area contributed by atoms with Crippen molar-refractivity contribution in [1.82, 2.24) is 15.3 Å². The summed E-state index contributed by atoms with van der Waals surface area (Å²) in [7, 11) is 0. The van der Waals surface area contributed by atoms with E-state index in [0.29, 0.717) is 11.6 Å². The third-order valence-corrected chi connectivity index (χ3v) is 4.15. The molecule has 5 heteroatoms. The molecular formula is C13H15N3OS. The molecule has 1 saturated carbocycles. The minimum Gasteiger partial charge on any atom is -0.357 e. The van der Waals surface area contributed by atoms with Crippen molar-refractivity contribution in [3.05, 3.63) is 40.1 Å². The lowest BCUT2D eigenvalue weighted by molar-refractivity contribution is 0.0934. The van der Waals surface area contributed by atoms with Gasteiger partial charge in [0.15, 0.2) is 0 Å². The second-order valence-electron chi connectivity index (χ2n) is 4.65. The molecule has 1 aliphatic carbocycles. The van der Waals surface area contributed by atoms with Gasteiger partial charge in [-0.1, -0.05) is 0 Å². The Morgan fingerprint density at radius 2 is 2.44 bits per heavy atom. The molecule has 2 heterocycles. The van der Waals surface area contributed by atoms with Gasteiger partial charge in [-0.25, -0.2) is 4.98 Å². The normalized spacial score (nSPS) is 16.5. The second-order valence-corrected chi connectivity index (χ2v) is 5.57. The summed E-state index contributed by atoms with van der Waals surface area (Å²) >= 11 is 1.56. The van der Waals surface area contributed by atoms with Crippen LogP contribution in [-0.2, 0) is 0 Å². The van der Waals surface area contributed by atoms with Crippen LogP contribution in [0.4, 0.5) is 0 Å². The maximum atomic E-state index is 12.2. The van der Waals surface area contributed by atoms with Gasteiger partial charge in [0.25, 0.3) is 5.91 Å². The lowest BCUT2D eigenvalue weighted by Crippen LogP contribution is -2.27. The largest absolute Gasteiger partial charge is 0.357 e. The van der Waals surface area contributed by atoms with Crippen LogP contribution < -0.4 is 5.32 Å². The lowest BCUT2D eigenvalue weighted by atomic mass is 10.1. The number of amides is 1. The summed E-state index contributed by atoms with van der Waals surface area (Å²) in [6, 6.07) is 1.97. The van der Waals surface area contributed by atoms with Gasteiger partial charge >= 0.3 is 0 Å². The molecule has 0 unspecified atom stereocenters. The topological polar surface area (TPSA) is 57.8 Å². The predicted octanol–water partition coefficient (Wildman–Crippen LogP) is 2.84. The Morgan fingerprint density at radius 1 is 1.61 bits per heavy atom. The van der Waals surface area contributed by atoms with Gasteiger partial charge in [0.1, 0.15) is 10.7 Å². The Kier molecular flexibility index (Phi) is 2.91. The van der Waals surface area contributed by atoms with Gasteiger partial charge in [0, 0.05) is 17.8 Å². The molecule has 0 spiro atoms. The molecule has 94 valence electrons. The first kappa shape index (κ1) is 11.5. The minimum atomic E-state index is -0.0483. The summed E-state index contributed by atoms with van der Waals surface area (Å²) in [5.41, 5.74) is 1.86. The van der Waals surface area contributed by atoms with E-state index in [2.05, 4.69) is 15.3 Å². The fraction of sp³-hybridized carbons (Fsp3) is 0.385. The standard InChI is InChI=1S/C13H15N3OS/c1-8(13-15-6-7-18-13)16-12(17)11-10(4-5-14-11)9-2-3-9/h4-9,14H,2-3H2,1H3,(H,16,17)/t8-/m0/s1. The Morgan fingerprint density at radius 3 is 3.11 bits per heavy atom. The minimum absolute atomic E-state index is 0.0374. The number of aromatic nitrogens is 2. The molecule has 1 fully saturated rings. The van der Waals surface area contributed by atoms with E-state index < -0.39 is 0 Å². The van der Waals surface area contributed by atoms with E-state index >= 15 is 0 Å². The molecule has 0 radical (unpaired) electrons. The summed E-state index contributed by atoms with van der Waals surface area (Å²) in [6.07, 6.45) is 5.99. The van der Waals surface area contributed by atoms with Crippen molar-refractivity contribution < 1.29 is 4.79 Å². The zero-order valence-corrected chi connectivity index (χ0v) is 11.0. The van der Waals surface area contributed by atoms with Gasteiger partial charge in [-0.3, -0.25) is 4.79 Å². The zero-order chi connectivity index (χ0) is 12.5. The van der Waals surface area contributed by atoms with E-state index in [1.807, 2.05) is 24.6 Å². The number of thiazole rings is 1. The fourth-order valence-electron chi connectivity index (χ4n) is 2.09. The maximum absolute atomic E-state index is 12.2. The fourth-order valence-corrected chi connectivity index (χ4v) is 2.74. The monoisotopic (exact) mass is 261 g/mol. The van der Waals surface area contributed by atoms with Crippen molar-refractivity contribution >= 4 is 17.2 Å². The SMILES string of the molecule is C[C@H](NC(=O)c1[nH]ccc1C1CC1)c1nccs1. The lowest BCUT2D eigenvalue weighted by Gasteiger charge is -2.11. The highest BCUT2D eigenvalue weighted by molar-refractivity contribution is 7.09. The predicted molar refractivity (Wildman–Crippen MR) is 70.8 cm³/mol. The number of hydrogen-bond donors (Lipinski definition) is 2. The molecule has 2 N–H and O–H groups in total. The molecule has 2 aromatic rings. The highest BCUT2D eigenvalue weighted by Crippen LogP contribution is 2.41. The molecule has 1 atom stereocenters. The van der Waals surface area contributed by atoms with Crippen molar-refractivity contribution in [2.24, 2.45) is 0 Å². The van der Waals surface area contributed by atoms with Gasteiger partial charge < -0.3 is 10.3 Å². The molecule has 1 amide bonds. The molecule has 18 heavy (non-hydrogen) atoms. The number of nitrogens with one attached hydrogen (secondary N) is 2. The number of carbonyl (C=O) groups is 1. The van der Waals surface area contributed by atoms with Crippen LogP contribution in [0.2, 0.25) is 0 Å². The Bertz CT molecular complexity index is 542. The molecule has 0 saturated heterocycles. The van der Waals surface area contributed by atoms with Crippen molar-refractivity contribution in [2.45, 2.75) is 31.7 Å². The summed E-state index contributed by atoms with van der Waals surface area (Å²) in [6.45, 7) is 1.95. The van der Waals surface area contributed by atoms with Gasteiger partial charge in [-0.15, -0.1) is 11.3 Å². The molecule has 3 rings (SSSR count). The van der Waals surface area contributed by atoms with Crippen LogP contribution in [0.15, 0.2) is 23.8 Å². The summed E-state index contributed by atoms with van der Waals surface area (Å²) in [4.78, 5) is 19.5. The quantitative estimate of drug-likeness (QED) is 0.889. The van der Waals surface area contributed by atoms with Crippen molar-refractivity contribution in [3.8, 4) is 0 Å². The van der Waals surface area contributed by atoms with Crippen LogP contribution in [0.25, 0.3) is 0 Å². The van der Waals surface area contributed by atoms with Gasteiger partial charge in [-0.05, 0) is 37.3 Å². The first-order chi connectivity index (χ1) is 8.75. The summed E-state index contributed by atoms with van der Waals surface area (Å²) < 4.78 is 0. The highest BCUT2D eigenvalue weighted by atomic mass is 32.1. The molecule has 0 aliphatic heterocycles. The average Bonchev–Trinajstić information content (AvgIpc) is 2.90.